The Morgan fingerprint density at radius 1 is 1.56 bits per heavy atom. The van der Waals surface area contributed by atoms with Crippen molar-refractivity contribution >= 4 is 22.4 Å². The number of anilines is 1. The van der Waals surface area contributed by atoms with Gasteiger partial charge in [0.25, 0.3) is 0 Å². The Balaban J connectivity index is 2.60. The molecule has 7 heteroatoms. The topological polar surface area (TPSA) is 96.0 Å². The van der Waals surface area contributed by atoms with Crippen molar-refractivity contribution < 1.29 is 13.4 Å². The number of amides is 1. The van der Waals surface area contributed by atoms with E-state index in [1.807, 2.05) is 6.07 Å². The van der Waals surface area contributed by atoms with Gasteiger partial charge in [0.05, 0.1) is 33.9 Å². The zero-order valence-electron chi connectivity index (χ0n) is 9.48. The Morgan fingerprint density at radius 3 is 2.89 bits per heavy atom. The molecule has 5 nitrogen and oxygen atoms in total. The highest BCUT2D eigenvalue weighted by atomic mass is 32.2. The van der Waals surface area contributed by atoms with E-state index in [-0.39, 0.29) is 29.3 Å². The molecule has 0 spiro atoms. The summed E-state index contributed by atoms with van der Waals surface area (Å²) in [5, 5.41) is 10.7. The molecule has 0 saturated carbocycles. The molecule has 1 aromatic carbocycles. The molecule has 3 N–H and O–H groups in total. The predicted octanol–water partition coefficient (Wildman–Crippen LogP) is 0.545. The van der Waals surface area contributed by atoms with Gasteiger partial charge in [-0.05, 0) is 18.2 Å². The lowest BCUT2D eigenvalue weighted by atomic mass is 10.3. The highest BCUT2D eigenvalue weighted by Gasteiger charge is 2.13. The molecule has 0 aliphatic rings. The summed E-state index contributed by atoms with van der Waals surface area (Å²) in [6, 6.07) is 5.36. The Kier molecular flexibility index (Phi) is 5.27. The third-order valence-electron chi connectivity index (χ3n) is 2.04. The van der Waals surface area contributed by atoms with Gasteiger partial charge in [-0.25, -0.2) is 4.39 Å². The van der Waals surface area contributed by atoms with Crippen LogP contribution in [0.4, 0.5) is 10.1 Å². The van der Waals surface area contributed by atoms with Gasteiger partial charge < -0.3 is 11.1 Å². The van der Waals surface area contributed by atoms with Gasteiger partial charge in [0.2, 0.25) is 5.91 Å². The maximum absolute atomic E-state index is 12.8. The summed E-state index contributed by atoms with van der Waals surface area (Å²) < 4.78 is 24.6. The molecule has 0 bridgehead atoms. The molecule has 18 heavy (non-hydrogen) atoms. The number of carbonyl (C=O) groups excluding carboxylic acids is 1. The van der Waals surface area contributed by atoms with E-state index in [1.54, 1.807) is 0 Å². The molecular weight excluding hydrogens is 257 g/mol. The van der Waals surface area contributed by atoms with Crippen LogP contribution in [0.2, 0.25) is 0 Å². The van der Waals surface area contributed by atoms with Crippen molar-refractivity contribution in [3.63, 3.8) is 0 Å². The molecule has 0 radical (unpaired) electrons. The lowest BCUT2D eigenvalue weighted by molar-refractivity contribution is -0.118. The largest absolute Gasteiger partial charge is 0.398 e. The van der Waals surface area contributed by atoms with Crippen LogP contribution in [0.5, 0.6) is 0 Å². The zero-order valence-corrected chi connectivity index (χ0v) is 10.3. The molecule has 1 amide bonds. The number of nitriles is 1. The molecule has 1 aromatic rings. The van der Waals surface area contributed by atoms with E-state index in [2.05, 4.69) is 5.32 Å². The first-order valence-corrected chi connectivity index (χ1v) is 6.43. The number of hydrogen-bond donors (Lipinski definition) is 2. The summed E-state index contributed by atoms with van der Waals surface area (Å²) in [5.41, 5.74) is 5.57. The zero-order chi connectivity index (χ0) is 13.5. The Morgan fingerprint density at radius 2 is 2.28 bits per heavy atom. The van der Waals surface area contributed by atoms with Crippen molar-refractivity contribution in [3.05, 3.63) is 24.0 Å². The van der Waals surface area contributed by atoms with Crippen molar-refractivity contribution in [2.24, 2.45) is 0 Å². The fourth-order valence-electron chi connectivity index (χ4n) is 1.23. The second kappa shape index (κ2) is 6.71. The molecule has 0 aliphatic heterocycles. The fraction of sp³-hybridized carbons (Fsp3) is 0.273. The van der Waals surface area contributed by atoms with Crippen molar-refractivity contribution in [3.8, 4) is 6.07 Å². The maximum Gasteiger partial charge on any atom is 0.233 e. The maximum atomic E-state index is 12.8. The standard InChI is InChI=1S/C11H12FN3O2S/c12-8-2-3-10(9(14)6-8)18(17)7-11(16)15-5-1-4-13/h2-3,6H,1,5,7,14H2,(H,15,16). The summed E-state index contributed by atoms with van der Waals surface area (Å²) in [4.78, 5) is 11.6. The van der Waals surface area contributed by atoms with E-state index in [1.165, 1.54) is 6.07 Å². The first-order valence-electron chi connectivity index (χ1n) is 5.11. The molecule has 0 heterocycles. The summed E-state index contributed by atoms with van der Waals surface area (Å²) in [5.74, 6) is -1.22. The molecule has 0 saturated heterocycles. The number of nitrogens with zero attached hydrogens (tertiary/aromatic N) is 1. The van der Waals surface area contributed by atoms with Crippen LogP contribution in [-0.4, -0.2) is 22.4 Å². The van der Waals surface area contributed by atoms with Gasteiger partial charge in [0.1, 0.15) is 11.6 Å². The summed E-state index contributed by atoms with van der Waals surface area (Å²) >= 11 is 0. The molecule has 1 atom stereocenters. The number of hydrogen-bond acceptors (Lipinski definition) is 4. The van der Waals surface area contributed by atoms with Crippen LogP contribution in [0.15, 0.2) is 23.1 Å². The average molecular weight is 269 g/mol. The quantitative estimate of drug-likeness (QED) is 0.602. The van der Waals surface area contributed by atoms with Crippen LogP contribution in [0.1, 0.15) is 6.42 Å². The number of nitrogens with one attached hydrogen (secondary N) is 1. The molecule has 1 unspecified atom stereocenters. The van der Waals surface area contributed by atoms with E-state index in [0.717, 1.165) is 12.1 Å². The van der Waals surface area contributed by atoms with Crippen molar-refractivity contribution in [1.29, 1.82) is 5.26 Å². The lowest BCUT2D eigenvalue weighted by Crippen LogP contribution is -2.29. The number of nitrogens with two attached hydrogens (primary N) is 1. The van der Waals surface area contributed by atoms with Gasteiger partial charge in [-0.1, -0.05) is 0 Å². The predicted molar refractivity (Wildman–Crippen MR) is 65.3 cm³/mol. The first kappa shape index (κ1) is 14.1. The molecule has 1 rings (SSSR count). The molecule has 0 aliphatic carbocycles. The fourth-order valence-corrected chi connectivity index (χ4v) is 2.27. The number of carbonyl (C=O) groups is 1. The minimum atomic E-state index is -1.63. The van der Waals surface area contributed by atoms with Crippen LogP contribution in [-0.2, 0) is 15.6 Å². The molecule has 96 valence electrons. The summed E-state index contributed by atoms with van der Waals surface area (Å²) in [6.45, 7) is 0.214. The third-order valence-corrected chi connectivity index (χ3v) is 3.43. The van der Waals surface area contributed by atoms with E-state index in [9.17, 15) is 13.4 Å². The Labute approximate surface area is 106 Å². The minimum Gasteiger partial charge on any atom is -0.398 e. The second-order valence-corrected chi connectivity index (χ2v) is 4.85. The minimum absolute atomic E-state index is 0.0539. The smallest absolute Gasteiger partial charge is 0.233 e. The van der Waals surface area contributed by atoms with E-state index >= 15 is 0 Å². The first-order chi connectivity index (χ1) is 8.54. The van der Waals surface area contributed by atoms with Crippen LogP contribution in [0.3, 0.4) is 0 Å². The number of nitrogen functional groups attached to an aromatic ring is 1. The van der Waals surface area contributed by atoms with Gasteiger partial charge in [-0.15, -0.1) is 0 Å². The van der Waals surface area contributed by atoms with Crippen molar-refractivity contribution in [1.82, 2.24) is 5.32 Å². The lowest BCUT2D eigenvalue weighted by Gasteiger charge is -2.06. The van der Waals surface area contributed by atoms with Gasteiger partial charge in [0.15, 0.2) is 0 Å². The van der Waals surface area contributed by atoms with E-state index in [4.69, 9.17) is 11.0 Å². The highest BCUT2D eigenvalue weighted by Crippen LogP contribution is 2.17. The van der Waals surface area contributed by atoms with Crippen molar-refractivity contribution in [2.45, 2.75) is 11.3 Å². The van der Waals surface area contributed by atoms with Crippen LogP contribution < -0.4 is 11.1 Å². The SMILES string of the molecule is N#CCCNC(=O)CS(=O)c1ccc(F)cc1N. The molecular formula is C11H12FN3O2S. The van der Waals surface area contributed by atoms with Gasteiger partial charge >= 0.3 is 0 Å². The summed E-state index contributed by atoms with van der Waals surface area (Å²) in [7, 11) is -1.63. The van der Waals surface area contributed by atoms with Gasteiger partial charge in [-0.3, -0.25) is 9.00 Å². The van der Waals surface area contributed by atoms with Gasteiger partial charge in [-0.2, -0.15) is 5.26 Å². The third kappa shape index (κ3) is 4.14. The van der Waals surface area contributed by atoms with Crippen LogP contribution >= 0.6 is 0 Å². The summed E-state index contributed by atoms with van der Waals surface area (Å²) in [6.07, 6.45) is 0.192. The van der Waals surface area contributed by atoms with E-state index in [0.29, 0.717) is 0 Å². The van der Waals surface area contributed by atoms with Gasteiger partial charge in [0, 0.05) is 6.54 Å². The molecule has 0 aromatic heterocycles. The normalized spacial score (nSPS) is 11.6. The van der Waals surface area contributed by atoms with Crippen LogP contribution in [0.25, 0.3) is 0 Å². The number of rotatable bonds is 5. The Bertz CT molecular complexity index is 514. The van der Waals surface area contributed by atoms with E-state index < -0.39 is 22.5 Å². The second-order valence-electron chi connectivity index (χ2n) is 3.43. The molecule has 0 fully saturated rings. The number of halogens is 1. The van der Waals surface area contributed by atoms with Crippen molar-refractivity contribution in [2.75, 3.05) is 18.0 Å². The number of benzene rings is 1. The Hall–Kier alpha value is -1.94. The monoisotopic (exact) mass is 269 g/mol. The van der Waals surface area contributed by atoms with Crippen LogP contribution in [0, 0.1) is 17.1 Å². The highest BCUT2D eigenvalue weighted by molar-refractivity contribution is 7.86. The average Bonchev–Trinajstić information content (AvgIpc) is 2.28.